The summed E-state index contributed by atoms with van der Waals surface area (Å²) >= 11 is 0.928. The van der Waals surface area contributed by atoms with Crippen molar-refractivity contribution in [3.8, 4) is 0 Å². The molecule has 2 aliphatic heterocycles. The van der Waals surface area contributed by atoms with Crippen LogP contribution in [0.3, 0.4) is 0 Å². The van der Waals surface area contributed by atoms with Gasteiger partial charge in [-0.1, -0.05) is 11.8 Å². The minimum atomic E-state index is -4.56. The number of carbonyl (C=O) groups excluding carboxylic acids is 3. The number of hydrogen-bond donors (Lipinski definition) is 0. The van der Waals surface area contributed by atoms with E-state index in [1.807, 2.05) is 0 Å². The largest absolute Gasteiger partial charge is 0.433 e. The topological polar surface area (TPSA) is 70.6 Å². The average molecular weight is 359 g/mol. The molecular formula is C14H12F3N3O3S. The van der Waals surface area contributed by atoms with Crippen molar-refractivity contribution < 1.29 is 27.6 Å². The van der Waals surface area contributed by atoms with E-state index in [1.165, 1.54) is 9.80 Å². The summed E-state index contributed by atoms with van der Waals surface area (Å²) in [4.78, 5) is 41.6. The SMILES string of the molecule is O=C(c1ccc(C(F)(F)F)nc1)N1CCC(N2C(=O)CSC2=O)C1. The first-order valence-corrected chi connectivity index (χ1v) is 8.07. The number of hydrogen-bond acceptors (Lipinski definition) is 5. The molecule has 0 N–H and O–H groups in total. The fourth-order valence-corrected chi connectivity index (χ4v) is 3.50. The Hall–Kier alpha value is -2.10. The van der Waals surface area contributed by atoms with Crippen LogP contribution >= 0.6 is 11.8 Å². The van der Waals surface area contributed by atoms with E-state index >= 15 is 0 Å². The van der Waals surface area contributed by atoms with Gasteiger partial charge in [-0.2, -0.15) is 13.2 Å². The summed E-state index contributed by atoms with van der Waals surface area (Å²) in [5.41, 5.74) is -1.03. The maximum Gasteiger partial charge on any atom is 0.433 e. The standard InChI is InChI=1S/C14H12F3N3O3S/c15-14(16,17)10-2-1-8(5-18-10)12(22)19-4-3-9(6-19)20-11(21)7-24-13(20)23/h1-2,5,9H,3-4,6-7H2. The van der Waals surface area contributed by atoms with Gasteiger partial charge in [0.1, 0.15) is 5.69 Å². The Labute approximate surface area is 139 Å². The van der Waals surface area contributed by atoms with Crippen LogP contribution in [0, 0.1) is 0 Å². The molecule has 24 heavy (non-hydrogen) atoms. The van der Waals surface area contributed by atoms with E-state index < -0.39 is 17.8 Å². The Morgan fingerprint density at radius 3 is 2.58 bits per heavy atom. The molecule has 2 saturated heterocycles. The Morgan fingerprint density at radius 1 is 1.29 bits per heavy atom. The lowest BCUT2D eigenvalue weighted by molar-refractivity contribution is -0.141. The summed E-state index contributed by atoms with van der Waals surface area (Å²) in [7, 11) is 0. The molecule has 10 heteroatoms. The maximum atomic E-state index is 12.5. The van der Waals surface area contributed by atoms with Crippen LogP contribution in [0.4, 0.5) is 18.0 Å². The van der Waals surface area contributed by atoms with Crippen LogP contribution in [0.15, 0.2) is 18.3 Å². The summed E-state index contributed by atoms with van der Waals surface area (Å²) < 4.78 is 37.5. The van der Waals surface area contributed by atoms with Crippen molar-refractivity contribution in [1.29, 1.82) is 0 Å². The summed E-state index contributed by atoms with van der Waals surface area (Å²) in [5.74, 6) is -0.641. The maximum absolute atomic E-state index is 12.5. The number of likely N-dealkylation sites (tertiary alicyclic amines) is 1. The first-order chi connectivity index (χ1) is 11.3. The van der Waals surface area contributed by atoms with Gasteiger partial charge in [-0.05, 0) is 18.6 Å². The molecule has 1 aromatic heterocycles. The molecule has 0 saturated carbocycles. The van der Waals surface area contributed by atoms with Gasteiger partial charge in [0, 0.05) is 19.3 Å². The van der Waals surface area contributed by atoms with Crippen molar-refractivity contribution in [3.05, 3.63) is 29.6 Å². The van der Waals surface area contributed by atoms with Gasteiger partial charge in [-0.15, -0.1) is 0 Å². The number of imide groups is 1. The van der Waals surface area contributed by atoms with E-state index in [9.17, 15) is 27.6 Å². The molecular weight excluding hydrogens is 347 g/mol. The first kappa shape index (κ1) is 16.7. The summed E-state index contributed by atoms with van der Waals surface area (Å²) in [6.07, 6.45) is -3.22. The molecule has 0 aromatic carbocycles. The number of halogens is 3. The van der Waals surface area contributed by atoms with E-state index in [0.717, 1.165) is 30.1 Å². The van der Waals surface area contributed by atoms with Gasteiger partial charge in [0.2, 0.25) is 5.91 Å². The fraction of sp³-hybridized carbons (Fsp3) is 0.429. The molecule has 0 aliphatic carbocycles. The van der Waals surface area contributed by atoms with Crippen molar-refractivity contribution in [2.24, 2.45) is 0 Å². The van der Waals surface area contributed by atoms with Crippen LogP contribution in [0.25, 0.3) is 0 Å². The molecule has 0 bridgehead atoms. The second kappa shape index (κ2) is 6.08. The quantitative estimate of drug-likeness (QED) is 0.808. The Balaban J connectivity index is 1.68. The third-order valence-corrected chi connectivity index (χ3v) is 4.74. The molecule has 1 aromatic rings. The Kier molecular flexibility index (Phi) is 4.24. The van der Waals surface area contributed by atoms with Crippen molar-refractivity contribution in [2.75, 3.05) is 18.8 Å². The molecule has 2 aliphatic rings. The molecule has 6 nitrogen and oxygen atoms in total. The average Bonchev–Trinajstić information content (AvgIpc) is 3.13. The zero-order valence-corrected chi connectivity index (χ0v) is 13.1. The van der Waals surface area contributed by atoms with Gasteiger partial charge in [-0.25, -0.2) is 0 Å². The molecule has 3 heterocycles. The van der Waals surface area contributed by atoms with Crippen LogP contribution in [-0.4, -0.2) is 56.7 Å². The van der Waals surface area contributed by atoms with Gasteiger partial charge in [0.15, 0.2) is 0 Å². The van der Waals surface area contributed by atoms with Crippen LogP contribution in [0.2, 0.25) is 0 Å². The highest BCUT2D eigenvalue weighted by Crippen LogP contribution is 2.29. The van der Waals surface area contributed by atoms with Crippen LogP contribution in [0.1, 0.15) is 22.5 Å². The summed E-state index contributed by atoms with van der Waals surface area (Å²) in [5, 5.41) is -0.324. The van der Waals surface area contributed by atoms with Crippen molar-refractivity contribution in [3.63, 3.8) is 0 Å². The molecule has 0 spiro atoms. The molecule has 3 amide bonds. The molecule has 1 atom stereocenters. The number of nitrogens with zero attached hydrogens (tertiary/aromatic N) is 3. The number of carbonyl (C=O) groups is 3. The third-order valence-electron chi connectivity index (χ3n) is 3.90. The predicted molar refractivity (Wildman–Crippen MR) is 78.2 cm³/mol. The lowest BCUT2D eigenvalue weighted by atomic mass is 10.2. The number of pyridine rings is 1. The van der Waals surface area contributed by atoms with Crippen LogP contribution < -0.4 is 0 Å². The van der Waals surface area contributed by atoms with E-state index in [2.05, 4.69) is 4.98 Å². The van der Waals surface area contributed by atoms with Gasteiger partial charge in [-0.3, -0.25) is 24.3 Å². The summed E-state index contributed by atoms with van der Waals surface area (Å²) in [6, 6.07) is 1.45. The number of alkyl halides is 3. The van der Waals surface area contributed by atoms with Gasteiger partial charge in [0.05, 0.1) is 17.4 Å². The zero-order chi connectivity index (χ0) is 17.5. The van der Waals surface area contributed by atoms with Gasteiger partial charge < -0.3 is 4.90 Å². The van der Waals surface area contributed by atoms with E-state index in [1.54, 1.807) is 0 Å². The normalized spacial score (nSPS) is 21.7. The molecule has 0 radical (unpaired) electrons. The van der Waals surface area contributed by atoms with Gasteiger partial charge in [0.25, 0.3) is 11.1 Å². The number of aromatic nitrogens is 1. The van der Waals surface area contributed by atoms with Crippen molar-refractivity contribution >= 4 is 28.8 Å². The first-order valence-electron chi connectivity index (χ1n) is 7.08. The van der Waals surface area contributed by atoms with E-state index in [0.29, 0.717) is 13.0 Å². The number of thioether (sulfide) groups is 1. The molecule has 3 rings (SSSR count). The van der Waals surface area contributed by atoms with Crippen LogP contribution in [-0.2, 0) is 11.0 Å². The highest BCUT2D eigenvalue weighted by molar-refractivity contribution is 8.14. The highest BCUT2D eigenvalue weighted by atomic mass is 32.2. The number of amides is 3. The Bertz CT molecular complexity index is 677. The highest BCUT2D eigenvalue weighted by Gasteiger charge is 2.40. The van der Waals surface area contributed by atoms with Crippen molar-refractivity contribution in [2.45, 2.75) is 18.6 Å². The van der Waals surface area contributed by atoms with E-state index in [-0.39, 0.29) is 35.0 Å². The molecule has 128 valence electrons. The second-order valence-corrected chi connectivity index (χ2v) is 6.37. The summed E-state index contributed by atoms with van der Waals surface area (Å²) in [6.45, 7) is 0.504. The minimum absolute atomic E-state index is 0.0390. The Morgan fingerprint density at radius 2 is 2.04 bits per heavy atom. The van der Waals surface area contributed by atoms with Crippen molar-refractivity contribution in [1.82, 2.24) is 14.8 Å². The molecule has 2 fully saturated rings. The smallest absolute Gasteiger partial charge is 0.336 e. The van der Waals surface area contributed by atoms with Crippen LogP contribution in [0.5, 0.6) is 0 Å². The monoisotopic (exact) mass is 359 g/mol. The second-order valence-electron chi connectivity index (χ2n) is 5.44. The lowest BCUT2D eigenvalue weighted by Crippen LogP contribution is -2.41. The predicted octanol–water partition coefficient (Wildman–Crippen LogP) is 2.01. The zero-order valence-electron chi connectivity index (χ0n) is 12.2. The van der Waals surface area contributed by atoms with E-state index in [4.69, 9.17) is 0 Å². The number of rotatable bonds is 2. The molecule has 1 unspecified atom stereocenters. The van der Waals surface area contributed by atoms with Gasteiger partial charge >= 0.3 is 6.18 Å². The lowest BCUT2D eigenvalue weighted by Gasteiger charge is -2.22. The fourth-order valence-electron chi connectivity index (χ4n) is 2.72. The third kappa shape index (κ3) is 3.10. The minimum Gasteiger partial charge on any atom is -0.336 e.